The highest BCUT2D eigenvalue weighted by atomic mass is 19.4. The van der Waals surface area contributed by atoms with Gasteiger partial charge in [0.15, 0.2) is 0 Å². The lowest BCUT2D eigenvalue weighted by Gasteiger charge is -2.45. The van der Waals surface area contributed by atoms with E-state index < -0.39 is 11.7 Å². The Morgan fingerprint density at radius 2 is 1.89 bits per heavy atom. The zero-order valence-corrected chi connectivity index (χ0v) is 19.7. The minimum absolute atomic E-state index is 0.00735. The summed E-state index contributed by atoms with van der Waals surface area (Å²) in [6.07, 6.45) is 7.35. The molecular weight excluding hydrogens is 455 g/mol. The maximum atomic E-state index is 12.7. The third kappa shape index (κ3) is 5.09. The summed E-state index contributed by atoms with van der Waals surface area (Å²) in [5, 5.41) is 0. The van der Waals surface area contributed by atoms with E-state index in [1.54, 1.807) is 6.20 Å². The lowest BCUT2D eigenvalue weighted by molar-refractivity contribution is -0.144. The highest BCUT2D eigenvalue weighted by Crippen LogP contribution is 2.53. The van der Waals surface area contributed by atoms with Crippen molar-refractivity contribution in [2.45, 2.75) is 57.9 Å². The Labute approximate surface area is 203 Å². The Morgan fingerprint density at radius 3 is 2.60 bits per heavy atom. The molecule has 4 nitrogen and oxygen atoms in total. The van der Waals surface area contributed by atoms with Gasteiger partial charge in [-0.25, -0.2) is 0 Å². The largest absolute Gasteiger partial charge is 0.487 e. The van der Waals surface area contributed by atoms with E-state index in [0.717, 1.165) is 24.2 Å². The number of carbonyl (C=O) groups is 1. The second-order valence-corrected chi connectivity index (χ2v) is 10.1. The third-order valence-corrected chi connectivity index (χ3v) is 8.01. The minimum Gasteiger partial charge on any atom is -0.487 e. The summed E-state index contributed by atoms with van der Waals surface area (Å²) >= 11 is 0. The molecule has 7 heteroatoms. The van der Waals surface area contributed by atoms with Crippen LogP contribution in [-0.4, -0.2) is 17.1 Å². The first-order valence-corrected chi connectivity index (χ1v) is 12.4. The third-order valence-electron chi connectivity index (χ3n) is 8.01. The van der Waals surface area contributed by atoms with E-state index in [1.807, 2.05) is 25.1 Å². The molecule has 2 aliphatic carbocycles. The monoisotopic (exact) mass is 485 g/mol. The van der Waals surface area contributed by atoms with Crippen LogP contribution in [0.5, 0.6) is 5.75 Å². The fourth-order valence-corrected chi connectivity index (χ4v) is 6.33. The summed E-state index contributed by atoms with van der Waals surface area (Å²) in [5.41, 5.74) is 0.781. The SMILES string of the molecule is CC1OC(=O)[C@H]2C[C@H]3CCCC[C@@H]3[C@@H](/C=C/c3ccc(OCc4ccc(C(F)(F)F)cc4)cn3)[C@@H]12. The molecule has 0 spiro atoms. The van der Waals surface area contributed by atoms with Crippen molar-refractivity contribution in [2.75, 3.05) is 0 Å². The number of halogens is 3. The van der Waals surface area contributed by atoms with Crippen molar-refractivity contribution >= 4 is 12.0 Å². The Bertz CT molecular complexity index is 1060. The number of carbonyl (C=O) groups excluding carboxylic acids is 1. The highest BCUT2D eigenvalue weighted by Gasteiger charge is 2.53. The first-order valence-electron chi connectivity index (χ1n) is 12.4. The molecule has 0 radical (unpaired) electrons. The van der Waals surface area contributed by atoms with Crippen molar-refractivity contribution in [1.82, 2.24) is 4.98 Å². The van der Waals surface area contributed by atoms with E-state index in [-0.39, 0.29) is 30.5 Å². The quantitative estimate of drug-likeness (QED) is 0.443. The normalized spacial score (nSPS) is 30.6. The molecule has 35 heavy (non-hydrogen) atoms. The fourth-order valence-electron chi connectivity index (χ4n) is 6.33. The number of pyridine rings is 1. The van der Waals surface area contributed by atoms with Gasteiger partial charge in [0, 0.05) is 5.92 Å². The zero-order valence-electron chi connectivity index (χ0n) is 19.7. The van der Waals surface area contributed by atoms with Gasteiger partial charge in [0.2, 0.25) is 0 Å². The molecule has 0 amide bonds. The maximum Gasteiger partial charge on any atom is 0.416 e. The number of nitrogens with zero attached hydrogens (tertiary/aromatic N) is 1. The molecule has 2 aromatic rings. The smallest absolute Gasteiger partial charge is 0.416 e. The van der Waals surface area contributed by atoms with Crippen LogP contribution in [0.2, 0.25) is 0 Å². The van der Waals surface area contributed by atoms with Gasteiger partial charge in [-0.3, -0.25) is 9.78 Å². The molecule has 5 rings (SSSR count). The van der Waals surface area contributed by atoms with Crippen molar-refractivity contribution in [2.24, 2.45) is 29.6 Å². The Kier molecular flexibility index (Phi) is 6.60. The number of esters is 1. The number of ether oxygens (including phenoxy) is 2. The number of aromatic nitrogens is 1. The first kappa shape index (κ1) is 23.9. The molecule has 0 bridgehead atoms. The Morgan fingerprint density at radius 1 is 1.11 bits per heavy atom. The van der Waals surface area contributed by atoms with Crippen molar-refractivity contribution in [3.05, 3.63) is 65.5 Å². The lowest BCUT2D eigenvalue weighted by Crippen LogP contribution is -2.42. The molecule has 1 aliphatic heterocycles. The zero-order chi connectivity index (χ0) is 24.6. The van der Waals surface area contributed by atoms with Crippen LogP contribution in [0.3, 0.4) is 0 Å². The van der Waals surface area contributed by atoms with Crippen LogP contribution in [0.25, 0.3) is 6.08 Å². The molecule has 0 N–H and O–H groups in total. The molecule has 186 valence electrons. The van der Waals surface area contributed by atoms with Gasteiger partial charge in [0.05, 0.1) is 23.4 Å². The number of rotatable bonds is 5. The first-order chi connectivity index (χ1) is 16.8. The standard InChI is InChI=1S/C28H30F3NO3/c1-17-26-24(23-5-3-2-4-19(23)14-25(26)27(33)35-17)13-11-21-10-12-22(15-32-21)34-16-18-6-8-20(9-7-18)28(29,30)31/h6-13,15,17,19,23-26H,2-5,14,16H2,1H3/b13-11+/t17?,19-,23+,24-,25+,26-/m1/s1. The van der Waals surface area contributed by atoms with Crippen LogP contribution in [0.15, 0.2) is 48.7 Å². The van der Waals surface area contributed by atoms with E-state index >= 15 is 0 Å². The Balaban J connectivity index is 1.24. The molecule has 3 fully saturated rings. The van der Waals surface area contributed by atoms with E-state index in [4.69, 9.17) is 9.47 Å². The predicted molar refractivity (Wildman–Crippen MR) is 125 cm³/mol. The Hall–Kier alpha value is -2.83. The van der Waals surface area contributed by atoms with Gasteiger partial charge in [0.1, 0.15) is 18.5 Å². The number of hydrogen-bond acceptors (Lipinski definition) is 4. The van der Waals surface area contributed by atoms with Gasteiger partial charge < -0.3 is 9.47 Å². The number of allylic oxidation sites excluding steroid dienone is 1. The van der Waals surface area contributed by atoms with Crippen LogP contribution < -0.4 is 4.74 Å². The van der Waals surface area contributed by atoms with Gasteiger partial charge in [-0.15, -0.1) is 0 Å². The van der Waals surface area contributed by atoms with Gasteiger partial charge in [-0.2, -0.15) is 13.2 Å². The highest BCUT2D eigenvalue weighted by molar-refractivity contribution is 5.75. The topological polar surface area (TPSA) is 48.4 Å². The summed E-state index contributed by atoms with van der Waals surface area (Å²) < 4.78 is 49.5. The number of fused-ring (bicyclic) bond motifs is 2. The van der Waals surface area contributed by atoms with Crippen molar-refractivity contribution in [1.29, 1.82) is 0 Å². The summed E-state index contributed by atoms with van der Waals surface area (Å²) in [6, 6.07) is 8.64. The number of hydrogen-bond donors (Lipinski definition) is 0. The molecule has 6 atom stereocenters. The minimum atomic E-state index is -4.35. The molecule has 1 aromatic carbocycles. The second kappa shape index (κ2) is 9.67. The summed E-state index contributed by atoms with van der Waals surface area (Å²) in [4.78, 5) is 16.9. The average Bonchev–Trinajstić information content (AvgIpc) is 3.13. The second-order valence-electron chi connectivity index (χ2n) is 10.1. The van der Waals surface area contributed by atoms with E-state index in [0.29, 0.717) is 29.1 Å². The van der Waals surface area contributed by atoms with Crippen molar-refractivity contribution in [3.8, 4) is 5.75 Å². The molecule has 2 saturated carbocycles. The van der Waals surface area contributed by atoms with Crippen LogP contribution in [0.1, 0.15) is 55.8 Å². The predicted octanol–water partition coefficient (Wildman–Crippen LogP) is 6.70. The van der Waals surface area contributed by atoms with Crippen LogP contribution >= 0.6 is 0 Å². The van der Waals surface area contributed by atoms with Gasteiger partial charge in [0.25, 0.3) is 0 Å². The van der Waals surface area contributed by atoms with Gasteiger partial charge >= 0.3 is 12.1 Å². The summed E-state index contributed by atoms with van der Waals surface area (Å²) in [6.45, 7) is 2.18. The van der Waals surface area contributed by atoms with Crippen LogP contribution in [-0.2, 0) is 22.3 Å². The molecule has 1 unspecified atom stereocenters. The van der Waals surface area contributed by atoms with Crippen LogP contribution in [0, 0.1) is 29.6 Å². The maximum absolute atomic E-state index is 12.7. The molecule has 2 heterocycles. The number of cyclic esters (lactones) is 1. The number of benzene rings is 1. The molecule has 1 saturated heterocycles. The molecule has 1 aromatic heterocycles. The van der Waals surface area contributed by atoms with E-state index in [9.17, 15) is 18.0 Å². The van der Waals surface area contributed by atoms with Crippen molar-refractivity contribution in [3.63, 3.8) is 0 Å². The number of alkyl halides is 3. The summed E-state index contributed by atoms with van der Waals surface area (Å²) in [7, 11) is 0. The van der Waals surface area contributed by atoms with Crippen LogP contribution in [0.4, 0.5) is 13.2 Å². The molecule has 3 aliphatic rings. The van der Waals surface area contributed by atoms with Gasteiger partial charge in [-0.1, -0.05) is 37.5 Å². The average molecular weight is 486 g/mol. The van der Waals surface area contributed by atoms with E-state index in [2.05, 4.69) is 11.1 Å². The van der Waals surface area contributed by atoms with Crippen molar-refractivity contribution < 1.29 is 27.4 Å². The summed E-state index contributed by atoms with van der Waals surface area (Å²) in [5.74, 6) is 2.24. The fraction of sp³-hybridized carbons (Fsp3) is 0.500. The van der Waals surface area contributed by atoms with Gasteiger partial charge in [-0.05, 0) is 73.4 Å². The lowest BCUT2D eigenvalue weighted by atomic mass is 9.57. The molecular formula is C28H30F3NO3. The van der Waals surface area contributed by atoms with E-state index in [1.165, 1.54) is 37.8 Å².